The molecule has 6 heteroatoms. The molecule has 61 heavy (non-hydrogen) atoms. The molecule has 0 saturated carbocycles. The standard InChI is InChI=1S/C55H45BN2O2S/c1-53(2,3)31-19-24-49-38(25-31)51-52(61-49)56-41-29-48-37(35-14-9-11-18-46(35)60-48)28-44(41)57(32-21-23-47-36(26-32)34-13-8-10-17-45(34)59-47)42-15-12-16-43(50(42)56)58(51)33-20-22-39-40(27-33)55(6,7)30-54(39,4)5/h8-29H,30H2,1-7H3. The van der Waals surface area contributed by atoms with Crippen molar-refractivity contribution in [3.8, 4) is 0 Å². The predicted octanol–water partition coefficient (Wildman–Crippen LogP) is 14.0. The molecule has 0 atom stereocenters. The van der Waals surface area contributed by atoms with Gasteiger partial charge in [-0.3, -0.25) is 0 Å². The Morgan fingerprint density at radius 2 is 1.18 bits per heavy atom. The average Bonchev–Trinajstić information content (AvgIpc) is 3.96. The highest BCUT2D eigenvalue weighted by Crippen LogP contribution is 2.54. The van der Waals surface area contributed by atoms with E-state index in [2.05, 4.69) is 186 Å². The van der Waals surface area contributed by atoms with Gasteiger partial charge in [-0.05, 0) is 129 Å². The van der Waals surface area contributed by atoms with Gasteiger partial charge in [0, 0.05) is 64.8 Å². The molecule has 0 radical (unpaired) electrons. The van der Waals surface area contributed by atoms with Gasteiger partial charge in [0.25, 0.3) is 6.71 Å². The molecule has 296 valence electrons. The van der Waals surface area contributed by atoms with Crippen LogP contribution >= 0.6 is 11.3 Å². The monoisotopic (exact) mass is 808 g/mol. The summed E-state index contributed by atoms with van der Waals surface area (Å²) in [5.41, 5.74) is 17.9. The molecule has 0 amide bonds. The summed E-state index contributed by atoms with van der Waals surface area (Å²) in [5, 5.41) is 5.81. The molecule has 13 rings (SSSR count). The van der Waals surface area contributed by atoms with E-state index in [0.29, 0.717) is 0 Å². The van der Waals surface area contributed by atoms with Crippen LogP contribution in [-0.4, -0.2) is 6.71 Å². The molecule has 2 aliphatic heterocycles. The van der Waals surface area contributed by atoms with Crippen LogP contribution < -0.4 is 25.5 Å². The van der Waals surface area contributed by atoms with Crippen molar-refractivity contribution in [1.29, 1.82) is 0 Å². The van der Waals surface area contributed by atoms with E-state index in [9.17, 15) is 0 Å². The molecule has 3 aromatic heterocycles. The van der Waals surface area contributed by atoms with E-state index in [1.807, 2.05) is 17.4 Å². The van der Waals surface area contributed by atoms with Crippen molar-refractivity contribution in [3.05, 3.63) is 150 Å². The van der Waals surface area contributed by atoms with E-state index in [1.165, 1.54) is 70.9 Å². The van der Waals surface area contributed by atoms with Crippen LogP contribution in [0.25, 0.3) is 54.0 Å². The first-order chi connectivity index (χ1) is 29.3. The molecular weight excluding hydrogens is 763 g/mol. The minimum Gasteiger partial charge on any atom is -0.456 e. The average molecular weight is 809 g/mol. The van der Waals surface area contributed by atoms with Crippen LogP contribution in [0.3, 0.4) is 0 Å². The molecule has 0 spiro atoms. The Labute approximate surface area is 360 Å². The van der Waals surface area contributed by atoms with Gasteiger partial charge in [0.05, 0.1) is 5.69 Å². The normalized spacial score (nSPS) is 16.2. The van der Waals surface area contributed by atoms with E-state index >= 15 is 0 Å². The first kappa shape index (κ1) is 35.5. The lowest BCUT2D eigenvalue weighted by atomic mass is 9.36. The Hall–Kier alpha value is -6.24. The second-order valence-corrected chi connectivity index (χ2v) is 21.1. The van der Waals surface area contributed by atoms with E-state index in [1.54, 1.807) is 0 Å². The van der Waals surface area contributed by atoms with Gasteiger partial charge in [-0.1, -0.05) is 103 Å². The number of benzene rings is 7. The molecule has 3 aliphatic rings. The van der Waals surface area contributed by atoms with Gasteiger partial charge in [0.15, 0.2) is 0 Å². The molecule has 7 aromatic carbocycles. The third-order valence-electron chi connectivity index (χ3n) is 14.2. The summed E-state index contributed by atoms with van der Waals surface area (Å²) in [6.07, 6.45) is 1.13. The van der Waals surface area contributed by atoms with E-state index in [-0.39, 0.29) is 23.0 Å². The number of hydrogen-bond donors (Lipinski definition) is 0. The zero-order valence-corrected chi connectivity index (χ0v) is 36.4. The number of rotatable bonds is 2. The molecule has 0 unspecified atom stereocenters. The van der Waals surface area contributed by atoms with Crippen LogP contribution in [0, 0.1) is 0 Å². The third-order valence-corrected chi connectivity index (χ3v) is 15.4. The molecule has 5 heterocycles. The van der Waals surface area contributed by atoms with Crippen molar-refractivity contribution in [3.63, 3.8) is 0 Å². The predicted molar refractivity (Wildman–Crippen MR) is 260 cm³/mol. The maximum atomic E-state index is 6.72. The highest BCUT2D eigenvalue weighted by atomic mass is 32.1. The molecule has 0 N–H and O–H groups in total. The third kappa shape index (κ3) is 4.83. The van der Waals surface area contributed by atoms with E-state index in [0.717, 1.165) is 56.0 Å². The molecule has 4 nitrogen and oxygen atoms in total. The Bertz CT molecular complexity index is 3540. The van der Waals surface area contributed by atoms with E-state index in [4.69, 9.17) is 8.83 Å². The summed E-state index contributed by atoms with van der Waals surface area (Å²) in [5.74, 6) is 0. The van der Waals surface area contributed by atoms with Gasteiger partial charge in [-0.25, -0.2) is 0 Å². The highest BCUT2D eigenvalue weighted by molar-refractivity contribution is 7.33. The lowest BCUT2D eigenvalue weighted by Gasteiger charge is -2.43. The largest absolute Gasteiger partial charge is 0.456 e. The summed E-state index contributed by atoms with van der Waals surface area (Å²) in [7, 11) is 0. The van der Waals surface area contributed by atoms with Gasteiger partial charge < -0.3 is 18.6 Å². The quantitative estimate of drug-likeness (QED) is 0.163. The maximum absolute atomic E-state index is 6.72. The SMILES string of the molecule is CC(C)(C)c1ccc2sc3c(c2c1)N(c1ccc2c(c1)C(C)(C)CC2(C)C)c1cccc2c1B3c1cc3oc4ccccc4c3cc1N2c1ccc2oc3ccccc3c2c1. The van der Waals surface area contributed by atoms with Crippen LogP contribution in [0.1, 0.15) is 71.6 Å². The van der Waals surface area contributed by atoms with Gasteiger partial charge >= 0.3 is 0 Å². The van der Waals surface area contributed by atoms with Gasteiger partial charge in [0.2, 0.25) is 0 Å². The summed E-state index contributed by atoms with van der Waals surface area (Å²) in [6.45, 7) is 16.6. The number of thiophene rings is 1. The van der Waals surface area contributed by atoms with Crippen LogP contribution in [-0.2, 0) is 16.2 Å². The first-order valence-corrected chi connectivity index (χ1v) is 22.5. The number of hydrogen-bond acceptors (Lipinski definition) is 5. The van der Waals surface area contributed by atoms with Crippen LogP contribution in [0.15, 0.2) is 142 Å². The topological polar surface area (TPSA) is 32.8 Å². The van der Waals surface area contributed by atoms with Gasteiger partial charge in [-0.15, -0.1) is 11.3 Å². The fourth-order valence-corrected chi connectivity index (χ4v) is 12.9. The molecule has 10 aromatic rings. The summed E-state index contributed by atoms with van der Waals surface area (Å²) in [6, 6.07) is 49.8. The number of anilines is 6. The maximum Gasteiger partial charge on any atom is 0.264 e. The van der Waals surface area contributed by atoms with Gasteiger partial charge in [-0.2, -0.15) is 0 Å². The number of fused-ring (bicyclic) bond motifs is 13. The number of para-hydroxylation sites is 2. The molecule has 1 aliphatic carbocycles. The minimum atomic E-state index is -0.0138. The van der Waals surface area contributed by atoms with Crippen LogP contribution in [0.5, 0.6) is 0 Å². The zero-order valence-electron chi connectivity index (χ0n) is 35.6. The molecule has 0 fully saturated rings. The van der Waals surface area contributed by atoms with Crippen molar-refractivity contribution in [1.82, 2.24) is 0 Å². The summed E-state index contributed by atoms with van der Waals surface area (Å²) in [4.78, 5) is 5.13. The highest BCUT2D eigenvalue weighted by Gasteiger charge is 2.47. The summed E-state index contributed by atoms with van der Waals surface area (Å²) < 4.78 is 15.8. The number of furan rings is 2. The molecule has 0 bridgehead atoms. The lowest BCUT2D eigenvalue weighted by molar-refractivity contribution is 0.403. The van der Waals surface area contributed by atoms with Crippen molar-refractivity contribution in [2.75, 3.05) is 9.80 Å². The van der Waals surface area contributed by atoms with Crippen molar-refractivity contribution in [2.24, 2.45) is 0 Å². The number of nitrogens with zero attached hydrogens (tertiary/aromatic N) is 2. The molecule has 0 saturated heterocycles. The fourth-order valence-electron chi connectivity index (χ4n) is 11.6. The second kappa shape index (κ2) is 11.8. The van der Waals surface area contributed by atoms with E-state index < -0.39 is 0 Å². The van der Waals surface area contributed by atoms with Crippen molar-refractivity contribution < 1.29 is 8.83 Å². The lowest BCUT2D eigenvalue weighted by Crippen LogP contribution is -2.60. The smallest absolute Gasteiger partial charge is 0.264 e. The Kier molecular flexibility index (Phi) is 6.85. The van der Waals surface area contributed by atoms with Crippen LogP contribution in [0.4, 0.5) is 34.1 Å². The first-order valence-electron chi connectivity index (χ1n) is 21.7. The Morgan fingerprint density at radius 3 is 1.93 bits per heavy atom. The Morgan fingerprint density at radius 1 is 0.541 bits per heavy atom. The van der Waals surface area contributed by atoms with Gasteiger partial charge in [0.1, 0.15) is 22.3 Å². The van der Waals surface area contributed by atoms with Crippen molar-refractivity contribution >= 4 is 122 Å². The van der Waals surface area contributed by atoms with Crippen LogP contribution in [0.2, 0.25) is 0 Å². The zero-order chi connectivity index (χ0) is 41.3. The van der Waals surface area contributed by atoms with Crippen molar-refractivity contribution in [2.45, 2.75) is 71.1 Å². The molecular formula is C55H45BN2O2S. The Balaban J connectivity index is 1.14. The second-order valence-electron chi connectivity index (χ2n) is 20.0. The fraction of sp³-hybridized carbons (Fsp3) is 0.200. The minimum absolute atomic E-state index is 0.00299. The summed E-state index contributed by atoms with van der Waals surface area (Å²) >= 11 is 1.95.